The number of carbonyl (C=O) groups excluding carboxylic acids is 2. The fourth-order valence-corrected chi connectivity index (χ4v) is 2.24. The van der Waals surface area contributed by atoms with Crippen LogP contribution in [-0.4, -0.2) is 35.8 Å². The highest BCUT2D eigenvalue weighted by Gasteiger charge is 2.32. The van der Waals surface area contributed by atoms with Crippen molar-refractivity contribution in [3.8, 4) is 0 Å². The summed E-state index contributed by atoms with van der Waals surface area (Å²) in [7, 11) is 0. The van der Waals surface area contributed by atoms with Crippen molar-refractivity contribution >= 4 is 24.2 Å². The highest BCUT2D eigenvalue weighted by atomic mass is 35.5. The molecular weight excluding hydrogens is 216 g/mol. The molecule has 4 nitrogen and oxygen atoms in total. The number of hydrogen-bond donors (Lipinski definition) is 1. The van der Waals surface area contributed by atoms with E-state index < -0.39 is 0 Å². The van der Waals surface area contributed by atoms with Gasteiger partial charge in [-0.1, -0.05) is 0 Å². The summed E-state index contributed by atoms with van der Waals surface area (Å²) in [6.07, 6.45) is 3.67. The zero-order valence-electron chi connectivity index (χ0n) is 8.70. The predicted molar refractivity (Wildman–Crippen MR) is 58.8 cm³/mol. The maximum absolute atomic E-state index is 11.6. The molecule has 0 spiro atoms. The van der Waals surface area contributed by atoms with E-state index >= 15 is 0 Å². The lowest BCUT2D eigenvalue weighted by molar-refractivity contribution is -0.151. The number of carbonyl (C=O) groups is 2. The maximum Gasteiger partial charge on any atom is 0.229 e. The third-order valence-corrected chi connectivity index (χ3v) is 2.99. The second kappa shape index (κ2) is 5.47. The van der Waals surface area contributed by atoms with Crippen molar-refractivity contribution in [3.63, 3.8) is 0 Å². The smallest absolute Gasteiger partial charge is 0.229 e. The average Bonchev–Trinajstić information content (AvgIpc) is 2.19. The summed E-state index contributed by atoms with van der Waals surface area (Å²) in [4.78, 5) is 24.7. The molecule has 86 valence electrons. The first-order valence-electron chi connectivity index (χ1n) is 5.34. The molecule has 2 amide bonds. The number of amides is 2. The van der Waals surface area contributed by atoms with Crippen LogP contribution in [0.15, 0.2) is 0 Å². The minimum Gasteiger partial charge on any atom is -0.317 e. The summed E-state index contributed by atoms with van der Waals surface area (Å²) in [5.41, 5.74) is 0. The summed E-state index contributed by atoms with van der Waals surface area (Å²) in [5, 5.41) is 3.23. The zero-order chi connectivity index (χ0) is 9.97. The highest BCUT2D eigenvalue weighted by Crippen LogP contribution is 2.20. The minimum atomic E-state index is 0. The van der Waals surface area contributed by atoms with Gasteiger partial charge in [0.15, 0.2) is 0 Å². The Hall–Kier alpha value is -0.610. The van der Waals surface area contributed by atoms with Gasteiger partial charge in [-0.25, -0.2) is 0 Å². The molecule has 0 unspecified atom stereocenters. The molecule has 1 N–H and O–H groups in total. The van der Waals surface area contributed by atoms with Gasteiger partial charge in [0.1, 0.15) is 0 Å². The molecule has 2 fully saturated rings. The molecule has 15 heavy (non-hydrogen) atoms. The quantitative estimate of drug-likeness (QED) is 0.678. The summed E-state index contributed by atoms with van der Waals surface area (Å²) >= 11 is 0. The summed E-state index contributed by atoms with van der Waals surface area (Å²) in [6, 6.07) is 0.163. The normalized spacial score (nSPS) is 23.9. The van der Waals surface area contributed by atoms with Crippen LogP contribution in [-0.2, 0) is 9.59 Å². The van der Waals surface area contributed by atoms with Crippen molar-refractivity contribution in [2.24, 2.45) is 0 Å². The van der Waals surface area contributed by atoms with Crippen LogP contribution in [0.3, 0.4) is 0 Å². The van der Waals surface area contributed by atoms with Crippen LogP contribution in [0.1, 0.15) is 32.1 Å². The van der Waals surface area contributed by atoms with Crippen LogP contribution < -0.4 is 5.32 Å². The molecule has 0 bridgehead atoms. The van der Waals surface area contributed by atoms with Gasteiger partial charge in [-0.05, 0) is 32.4 Å². The summed E-state index contributed by atoms with van der Waals surface area (Å²) in [5.74, 6) is 0.0706. The fraction of sp³-hybridized carbons (Fsp3) is 0.800. The van der Waals surface area contributed by atoms with Gasteiger partial charge in [-0.15, -0.1) is 12.4 Å². The number of hydrogen-bond acceptors (Lipinski definition) is 3. The molecule has 0 aromatic heterocycles. The number of nitrogens with zero attached hydrogens (tertiary/aromatic N) is 1. The van der Waals surface area contributed by atoms with Gasteiger partial charge in [0, 0.05) is 18.9 Å². The molecule has 2 heterocycles. The van der Waals surface area contributed by atoms with Crippen molar-refractivity contribution in [2.45, 2.75) is 38.1 Å². The molecule has 2 saturated heterocycles. The molecule has 0 aliphatic carbocycles. The molecule has 0 radical (unpaired) electrons. The van der Waals surface area contributed by atoms with Crippen LogP contribution in [0.4, 0.5) is 0 Å². The van der Waals surface area contributed by atoms with E-state index in [0.29, 0.717) is 12.8 Å². The first-order valence-corrected chi connectivity index (χ1v) is 5.34. The number of nitrogens with one attached hydrogen (secondary N) is 1. The lowest BCUT2D eigenvalue weighted by Crippen LogP contribution is -2.50. The second-order valence-electron chi connectivity index (χ2n) is 3.99. The standard InChI is InChI=1S/C10H16N2O2.ClH/c13-9-2-1-3-10(14)12(9)8-4-6-11-7-5-8;/h8,11H,1-7H2;1H. The SMILES string of the molecule is Cl.O=C1CCCC(=O)N1C1CCNCC1. The molecular formula is C10H17ClN2O2. The number of rotatable bonds is 1. The lowest BCUT2D eigenvalue weighted by Gasteiger charge is -2.35. The Morgan fingerprint density at radius 2 is 1.60 bits per heavy atom. The number of piperidine rings is 2. The van der Waals surface area contributed by atoms with E-state index in [9.17, 15) is 9.59 Å². The predicted octanol–water partition coefficient (Wildman–Crippen LogP) is 0.699. The number of likely N-dealkylation sites (tertiary alicyclic amines) is 1. The number of halogens is 1. The summed E-state index contributed by atoms with van der Waals surface area (Å²) in [6.45, 7) is 1.84. The molecule has 2 rings (SSSR count). The van der Waals surface area contributed by atoms with E-state index in [1.165, 1.54) is 4.90 Å². The molecule has 5 heteroatoms. The Kier molecular flexibility index (Phi) is 4.54. The van der Waals surface area contributed by atoms with Gasteiger partial charge in [0.25, 0.3) is 0 Å². The monoisotopic (exact) mass is 232 g/mol. The van der Waals surface area contributed by atoms with Gasteiger partial charge in [0.05, 0.1) is 0 Å². The van der Waals surface area contributed by atoms with E-state index in [-0.39, 0.29) is 30.3 Å². The van der Waals surface area contributed by atoms with E-state index in [2.05, 4.69) is 5.32 Å². The molecule has 0 aromatic carbocycles. The Bertz CT molecular complexity index is 236. The first-order chi connectivity index (χ1) is 6.79. The van der Waals surface area contributed by atoms with Crippen molar-refractivity contribution in [2.75, 3.05) is 13.1 Å². The third-order valence-electron chi connectivity index (χ3n) is 2.99. The Morgan fingerprint density at radius 3 is 2.13 bits per heavy atom. The van der Waals surface area contributed by atoms with Gasteiger partial charge in [-0.3, -0.25) is 14.5 Å². The Balaban J connectivity index is 0.00000112. The van der Waals surface area contributed by atoms with Crippen LogP contribution in [0.2, 0.25) is 0 Å². The molecule has 0 aromatic rings. The maximum atomic E-state index is 11.6. The third kappa shape index (κ3) is 2.69. The second-order valence-corrected chi connectivity index (χ2v) is 3.99. The van der Waals surface area contributed by atoms with Gasteiger partial charge in [-0.2, -0.15) is 0 Å². The van der Waals surface area contributed by atoms with Gasteiger partial charge >= 0.3 is 0 Å². The van der Waals surface area contributed by atoms with Crippen molar-refractivity contribution in [1.82, 2.24) is 10.2 Å². The zero-order valence-corrected chi connectivity index (χ0v) is 9.52. The lowest BCUT2D eigenvalue weighted by atomic mass is 10.0. The van der Waals surface area contributed by atoms with Gasteiger partial charge < -0.3 is 5.32 Å². The van der Waals surface area contributed by atoms with Crippen molar-refractivity contribution in [1.29, 1.82) is 0 Å². The molecule has 0 atom stereocenters. The van der Waals surface area contributed by atoms with E-state index in [1.54, 1.807) is 0 Å². The van der Waals surface area contributed by atoms with E-state index in [0.717, 1.165) is 32.4 Å². The number of imide groups is 1. The fourth-order valence-electron chi connectivity index (χ4n) is 2.24. The Morgan fingerprint density at radius 1 is 1.07 bits per heavy atom. The largest absolute Gasteiger partial charge is 0.317 e. The topological polar surface area (TPSA) is 49.4 Å². The minimum absolute atomic E-state index is 0. The first kappa shape index (κ1) is 12.5. The summed E-state index contributed by atoms with van der Waals surface area (Å²) < 4.78 is 0. The average molecular weight is 233 g/mol. The molecule has 0 saturated carbocycles. The molecule has 2 aliphatic rings. The van der Waals surface area contributed by atoms with Crippen LogP contribution in [0, 0.1) is 0 Å². The van der Waals surface area contributed by atoms with E-state index in [1.807, 2.05) is 0 Å². The van der Waals surface area contributed by atoms with Crippen LogP contribution in [0.25, 0.3) is 0 Å². The van der Waals surface area contributed by atoms with E-state index in [4.69, 9.17) is 0 Å². The van der Waals surface area contributed by atoms with Gasteiger partial charge in [0.2, 0.25) is 11.8 Å². The molecule has 2 aliphatic heterocycles. The van der Waals surface area contributed by atoms with Crippen molar-refractivity contribution in [3.05, 3.63) is 0 Å². The Labute approximate surface area is 95.8 Å². The van der Waals surface area contributed by atoms with Crippen LogP contribution >= 0.6 is 12.4 Å². The highest BCUT2D eigenvalue weighted by molar-refractivity contribution is 5.97. The van der Waals surface area contributed by atoms with Crippen LogP contribution in [0.5, 0.6) is 0 Å². The van der Waals surface area contributed by atoms with Crippen molar-refractivity contribution < 1.29 is 9.59 Å².